The molecule has 0 aliphatic carbocycles. The molecule has 0 radical (unpaired) electrons. The first-order valence-electron chi connectivity index (χ1n) is 7.86. The zero-order valence-electron chi connectivity index (χ0n) is 13.2. The van der Waals surface area contributed by atoms with Crippen molar-refractivity contribution in [1.29, 1.82) is 0 Å². The van der Waals surface area contributed by atoms with Gasteiger partial charge in [-0.25, -0.2) is 0 Å². The van der Waals surface area contributed by atoms with Gasteiger partial charge in [-0.3, -0.25) is 4.90 Å². The summed E-state index contributed by atoms with van der Waals surface area (Å²) >= 11 is 0. The summed E-state index contributed by atoms with van der Waals surface area (Å²) in [6.45, 7) is 4.53. The first kappa shape index (κ1) is 15.6. The van der Waals surface area contributed by atoms with Crippen molar-refractivity contribution < 1.29 is 14.3 Å². The average molecular weight is 314 g/mol. The summed E-state index contributed by atoms with van der Waals surface area (Å²) in [5, 5.41) is 11.3. The third-order valence-corrected chi connectivity index (χ3v) is 3.89. The van der Waals surface area contributed by atoms with E-state index in [0.29, 0.717) is 6.54 Å². The number of hydrogen-bond acceptors (Lipinski definition) is 4. The van der Waals surface area contributed by atoms with Crippen LogP contribution in [0.1, 0.15) is 12.5 Å². The van der Waals surface area contributed by atoms with E-state index in [4.69, 9.17) is 9.15 Å². The highest BCUT2D eigenvalue weighted by molar-refractivity contribution is 5.85. The van der Waals surface area contributed by atoms with Gasteiger partial charge in [0.2, 0.25) is 0 Å². The van der Waals surface area contributed by atoms with Crippen LogP contribution in [0.15, 0.2) is 53.5 Å². The highest BCUT2D eigenvalue weighted by atomic mass is 16.5. The van der Waals surface area contributed by atoms with Crippen LogP contribution in [-0.2, 0) is 6.54 Å². The number of aliphatic hydroxyl groups excluding tert-OH is 1. The van der Waals surface area contributed by atoms with Gasteiger partial charge in [0.1, 0.15) is 18.5 Å². The van der Waals surface area contributed by atoms with Gasteiger partial charge in [0, 0.05) is 35.8 Å². The summed E-state index contributed by atoms with van der Waals surface area (Å²) in [7, 11) is 0. The lowest BCUT2D eigenvalue weighted by Crippen LogP contribution is -2.35. The number of H-pyrrole nitrogens is 1. The number of likely N-dealkylation sites (N-methyl/N-ethyl adjacent to an activating group) is 1. The second-order valence-corrected chi connectivity index (χ2v) is 5.62. The molecule has 0 spiro atoms. The van der Waals surface area contributed by atoms with Crippen LogP contribution in [0.2, 0.25) is 0 Å². The molecule has 0 bridgehead atoms. The molecule has 3 aromatic rings. The molecule has 2 N–H and O–H groups in total. The summed E-state index contributed by atoms with van der Waals surface area (Å²) in [6, 6.07) is 9.79. The van der Waals surface area contributed by atoms with Crippen LogP contribution in [0.3, 0.4) is 0 Å². The Bertz CT molecular complexity index is 721. The normalized spacial score (nSPS) is 12.8. The van der Waals surface area contributed by atoms with Crippen molar-refractivity contribution in [2.45, 2.75) is 19.6 Å². The second-order valence-electron chi connectivity index (χ2n) is 5.62. The van der Waals surface area contributed by atoms with Gasteiger partial charge in [-0.15, -0.1) is 0 Å². The maximum Gasteiger partial charge on any atom is 0.128 e. The van der Waals surface area contributed by atoms with Crippen molar-refractivity contribution in [3.05, 3.63) is 54.6 Å². The van der Waals surface area contributed by atoms with Crippen molar-refractivity contribution in [3.63, 3.8) is 0 Å². The van der Waals surface area contributed by atoms with Crippen molar-refractivity contribution in [3.8, 4) is 5.75 Å². The van der Waals surface area contributed by atoms with Crippen LogP contribution in [0.5, 0.6) is 5.75 Å². The second kappa shape index (κ2) is 7.35. The van der Waals surface area contributed by atoms with Gasteiger partial charge < -0.3 is 19.2 Å². The Kier molecular flexibility index (Phi) is 5.00. The zero-order chi connectivity index (χ0) is 16.1. The summed E-state index contributed by atoms with van der Waals surface area (Å²) in [4.78, 5) is 5.32. The molecule has 1 atom stereocenters. The highest BCUT2D eigenvalue weighted by Gasteiger charge is 2.13. The fourth-order valence-electron chi connectivity index (χ4n) is 2.67. The summed E-state index contributed by atoms with van der Waals surface area (Å²) < 4.78 is 10.9. The first-order chi connectivity index (χ1) is 11.3. The van der Waals surface area contributed by atoms with Gasteiger partial charge in [-0.2, -0.15) is 0 Å². The van der Waals surface area contributed by atoms with Crippen molar-refractivity contribution >= 4 is 10.9 Å². The third kappa shape index (κ3) is 3.94. The molecule has 0 fully saturated rings. The number of benzene rings is 1. The molecule has 1 unspecified atom stereocenters. The molecule has 3 rings (SSSR count). The molecule has 122 valence electrons. The monoisotopic (exact) mass is 314 g/mol. The van der Waals surface area contributed by atoms with E-state index in [-0.39, 0.29) is 6.61 Å². The van der Waals surface area contributed by atoms with E-state index in [9.17, 15) is 5.11 Å². The van der Waals surface area contributed by atoms with E-state index in [2.05, 4.69) is 16.8 Å². The SMILES string of the molecule is CCN(Cc1ccoc1)CC(O)COc1cccc2[nH]ccc12. The van der Waals surface area contributed by atoms with Gasteiger partial charge in [0.25, 0.3) is 0 Å². The fraction of sp³-hybridized carbons (Fsp3) is 0.333. The number of aromatic nitrogens is 1. The summed E-state index contributed by atoms with van der Waals surface area (Å²) in [5.41, 5.74) is 2.14. The molecule has 0 saturated heterocycles. The number of aromatic amines is 1. The van der Waals surface area contributed by atoms with E-state index in [1.807, 2.05) is 36.5 Å². The Morgan fingerprint density at radius 3 is 3.00 bits per heavy atom. The lowest BCUT2D eigenvalue weighted by Gasteiger charge is -2.23. The van der Waals surface area contributed by atoms with Crippen LogP contribution in [0.4, 0.5) is 0 Å². The smallest absolute Gasteiger partial charge is 0.128 e. The number of aliphatic hydroxyl groups is 1. The lowest BCUT2D eigenvalue weighted by atomic mass is 10.2. The highest BCUT2D eigenvalue weighted by Crippen LogP contribution is 2.24. The molecule has 2 aromatic heterocycles. The minimum Gasteiger partial charge on any atom is -0.490 e. The Balaban J connectivity index is 1.54. The molecular weight excluding hydrogens is 292 g/mol. The van der Waals surface area contributed by atoms with Crippen LogP contribution >= 0.6 is 0 Å². The van der Waals surface area contributed by atoms with Crippen molar-refractivity contribution in [2.24, 2.45) is 0 Å². The summed E-state index contributed by atoms with van der Waals surface area (Å²) in [6.07, 6.45) is 4.74. The van der Waals surface area contributed by atoms with E-state index < -0.39 is 6.10 Å². The van der Waals surface area contributed by atoms with Crippen LogP contribution in [0.25, 0.3) is 10.9 Å². The van der Waals surface area contributed by atoms with Crippen LogP contribution in [-0.4, -0.2) is 40.8 Å². The number of fused-ring (bicyclic) bond motifs is 1. The molecule has 0 saturated carbocycles. The predicted octanol–water partition coefficient (Wildman–Crippen LogP) is 3.02. The maximum atomic E-state index is 10.3. The minimum atomic E-state index is -0.545. The number of furan rings is 1. The molecule has 5 heteroatoms. The van der Waals surface area contributed by atoms with Crippen molar-refractivity contribution in [1.82, 2.24) is 9.88 Å². The average Bonchev–Trinajstić information content (AvgIpc) is 3.23. The van der Waals surface area contributed by atoms with Gasteiger partial charge in [-0.1, -0.05) is 13.0 Å². The number of ether oxygens (including phenoxy) is 1. The van der Waals surface area contributed by atoms with Crippen LogP contribution in [0, 0.1) is 0 Å². The number of nitrogens with one attached hydrogen (secondary N) is 1. The van der Waals surface area contributed by atoms with E-state index in [1.165, 1.54) is 0 Å². The standard InChI is InChI=1S/C18H22N2O3/c1-2-20(10-14-7-9-22-12-14)11-15(21)13-23-18-5-3-4-17-16(18)6-8-19-17/h3-9,12,15,19,21H,2,10-11,13H2,1H3. The van der Waals surface area contributed by atoms with E-state index in [0.717, 1.165) is 35.3 Å². The lowest BCUT2D eigenvalue weighted by molar-refractivity contribution is 0.0679. The molecule has 0 amide bonds. The number of rotatable bonds is 8. The van der Waals surface area contributed by atoms with Crippen LogP contribution < -0.4 is 4.74 Å². The maximum absolute atomic E-state index is 10.3. The third-order valence-electron chi connectivity index (χ3n) is 3.89. The molecule has 1 aromatic carbocycles. The van der Waals surface area contributed by atoms with E-state index in [1.54, 1.807) is 12.5 Å². The van der Waals surface area contributed by atoms with Crippen molar-refractivity contribution in [2.75, 3.05) is 19.7 Å². The Morgan fingerprint density at radius 1 is 1.30 bits per heavy atom. The Hall–Kier alpha value is -2.24. The number of nitrogens with zero attached hydrogens (tertiary/aromatic N) is 1. The molecule has 5 nitrogen and oxygen atoms in total. The molecule has 0 aliphatic heterocycles. The zero-order valence-corrected chi connectivity index (χ0v) is 13.2. The molecule has 2 heterocycles. The Morgan fingerprint density at radius 2 is 2.22 bits per heavy atom. The number of hydrogen-bond donors (Lipinski definition) is 2. The fourth-order valence-corrected chi connectivity index (χ4v) is 2.67. The first-order valence-corrected chi connectivity index (χ1v) is 7.86. The predicted molar refractivity (Wildman–Crippen MR) is 89.5 cm³/mol. The van der Waals surface area contributed by atoms with Gasteiger partial charge >= 0.3 is 0 Å². The minimum absolute atomic E-state index is 0.270. The van der Waals surface area contributed by atoms with Gasteiger partial charge in [-0.05, 0) is 30.8 Å². The molecule has 0 aliphatic rings. The summed E-state index contributed by atoms with van der Waals surface area (Å²) in [5.74, 6) is 0.792. The molecular formula is C18H22N2O3. The largest absolute Gasteiger partial charge is 0.490 e. The Labute approximate surface area is 135 Å². The quantitative estimate of drug-likeness (QED) is 0.671. The van der Waals surface area contributed by atoms with Gasteiger partial charge in [0.15, 0.2) is 0 Å². The van der Waals surface area contributed by atoms with Gasteiger partial charge in [0.05, 0.1) is 12.5 Å². The van der Waals surface area contributed by atoms with E-state index >= 15 is 0 Å². The molecule has 23 heavy (non-hydrogen) atoms. The topological polar surface area (TPSA) is 61.6 Å².